The highest BCUT2D eigenvalue weighted by molar-refractivity contribution is 5.94. The van der Waals surface area contributed by atoms with E-state index in [0.29, 0.717) is 24.8 Å². The zero-order valence-corrected chi connectivity index (χ0v) is 9.79. The summed E-state index contributed by atoms with van der Waals surface area (Å²) in [5.41, 5.74) is 1.64. The lowest BCUT2D eigenvalue weighted by Crippen LogP contribution is -2.20. The maximum atomic E-state index is 13.8. The quantitative estimate of drug-likeness (QED) is 0.848. The highest BCUT2D eigenvalue weighted by Gasteiger charge is 2.20. The van der Waals surface area contributed by atoms with E-state index in [2.05, 4.69) is 5.32 Å². The van der Waals surface area contributed by atoms with E-state index in [1.807, 2.05) is 6.92 Å². The van der Waals surface area contributed by atoms with Gasteiger partial charge in [0.05, 0.1) is 11.8 Å². The molecule has 1 aliphatic heterocycles. The molecular weight excluding hydrogens is 221 g/mol. The summed E-state index contributed by atoms with van der Waals surface area (Å²) in [5.74, 6) is -0.612. The van der Waals surface area contributed by atoms with Crippen LogP contribution in [0.1, 0.15) is 43.4 Å². The second kappa shape index (κ2) is 4.84. The zero-order valence-electron chi connectivity index (χ0n) is 9.79. The maximum Gasteiger partial charge on any atom is 0.224 e. The zero-order chi connectivity index (χ0) is 12.4. The molecule has 1 unspecified atom stereocenters. The predicted octanol–water partition coefficient (Wildman–Crippen LogP) is 2.54. The molecule has 1 aliphatic rings. The molecule has 1 atom stereocenters. The Labute approximate surface area is 99.7 Å². The second-order valence-corrected chi connectivity index (χ2v) is 4.39. The molecular formula is C13H16FNO2. The van der Waals surface area contributed by atoms with Gasteiger partial charge in [0, 0.05) is 6.42 Å². The molecule has 1 amide bonds. The molecule has 0 aromatic heterocycles. The van der Waals surface area contributed by atoms with Gasteiger partial charge >= 0.3 is 0 Å². The Morgan fingerprint density at radius 1 is 1.47 bits per heavy atom. The van der Waals surface area contributed by atoms with Crippen molar-refractivity contribution in [1.29, 1.82) is 0 Å². The Hall–Kier alpha value is -1.42. The van der Waals surface area contributed by atoms with E-state index in [1.165, 1.54) is 6.07 Å². The molecule has 0 fully saturated rings. The van der Waals surface area contributed by atoms with E-state index in [-0.39, 0.29) is 11.6 Å². The van der Waals surface area contributed by atoms with Crippen molar-refractivity contribution < 1.29 is 14.3 Å². The summed E-state index contributed by atoms with van der Waals surface area (Å²) in [7, 11) is 0. The van der Waals surface area contributed by atoms with E-state index < -0.39 is 11.9 Å². The van der Waals surface area contributed by atoms with Crippen LogP contribution in [0.25, 0.3) is 0 Å². The highest BCUT2D eigenvalue weighted by Crippen LogP contribution is 2.30. The summed E-state index contributed by atoms with van der Waals surface area (Å²) in [6.07, 6.45) is 1.74. The largest absolute Gasteiger partial charge is 0.388 e. The summed E-state index contributed by atoms with van der Waals surface area (Å²) in [4.78, 5) is 11.2. The average Bonchev–Trinajstić information content (AvgIpc) is 2.30. The van der Waals surface area contributed by atoms with Crippen LogP contribution in [0.15, 0.2) is 12.1 Å². The first-order valence-corrected chi connectivity index (χ1v) is 5.92. The van der Waals surface area contributed by atoms with E-state index in [1.54, 1.807) is 6.07 Å². The smallest absolute Gasteiger partial charge is 0.224 e. The molecule has 3 nitrogen and oxygen atoms in total. The SMILES string of the molecule is CCCC(O)c1cc(F)c2c(c1)CCC(=O)N2. The molecule has 0 saturated heterocycles. The minimum atomic E-state index is -0.627. The predicted molar refractivity (Wildman–Crippen MR) is 63.2 cm³/mol. The van der Waals surface area contributed by atoms with Gasteiger partial charge in [-0.1, -0.05) is 19.4 Å². The van der Waals surface area contributed by atoms with E-state index >= 15 is 0 Å². The van der Waals surface area contributed by atoms with Gasteiger partial charge in [0.1, 0.15) is 5.82 Å². The lowest BCUT2D eigenvalue weighted by Gasteiger charge is -2.20. The number of carbonyl (C=O) groups excluding carboxylic acids is 1. The van der Waals surface area contributed by atoms with Gasteiger partial charge in [-0.15, -0.1) is 0 Å². The monoisotopic (exact) mass is 237 g/mol. The van der Waals surface area contributed by atoms with Crippen molar-refractivity contribution in [2.24, 2.45) is 0 Å². The molecule has 4 heteroatoms. The number of halogens is 1. The highest BCUT2D eigenvalue weighted by atomic mass is 19.1. The lowest BCUT2D eigenvalue weighted by atomic mass is 9.96. The molecule has 0 aliphatic carbocycles. The number of rotatable bonds is 3. The number of amides is 1. The molecule has 17 heavy (non-hydrogen) atoms. The van der Waals surface area contributed by atoms with Crippen molar-refractivity contribution in [3.05, 3.63) is 29.1 Å². The fraction of sp³-hybridized carbons (Fsp3) is 0.462. The summed E-state index contributed by atoms with van der Waals surface area (Å²) < 4.78 is 13.8. The van der Waals surface area contributed by atoms with Crippen molar-refractivity contribution in [1.82, 2.24) is 0 Å². The molecule has 1 aromatic rings. The Bertz CT molecular complexity index is 445. The topological polar surface area (TPSA) is 49.3 Å². The third kappa shape index (κ3) is 2.47. The van der Waals surface area contributed by atoms with E-state index in [9.17, 15) is 14.3 Å². The molecule has 92 valence electrons. The van der Waals surface area contributed by atoms with Crippen LogP contribution < -0.4 is 5.32 Å². The molecule has 0 spiro atoms. The number of nitrogens with one attached hydrogen (secondary N) is 1. The fourth-order valence-electron chi connectivity index (χ4n) is 2.11. The Balaban J connectivity index is 2.34. The van der Waals surface area contributed by atoms with Crippen molar-refractivity contribution in [2.45, 2.75) is 38.7 Å². The molecule has 0 saturated carbocycles. The summed E-state index contributed by atoms with van der Waals surface area (Å²) >= 11 is 0. The van der Waals surface area contributed by atoms with Gasteiger partial charge in [-0.05, 0) is 30.0 Å². The molecule has 1 heterocycles. The third-order valence-corrected chi connectivity index (χ3v) is 3.03. The molecule has 2 rings (SSSR count). The van der Waals surface area contributed by atoms with Crippen LogP contribution in [0.5, 0.6) is 0 Å². The van der Waals surface area contributed by atoms with Crippen LogP contribution in [0.4, 0.5) is 10.1 Å². The molecule has 0 bridgehead atoms. The Morgan fingerprint density at radius 2 is 2.24 bits per heavy atom. The van der Waals surface area contributed by atoms with Gasteiger partial charge in [0.25, 0.3) is 0 Å². The van der Waals surface area contributed by atoms with Gasteiger partial charge in [-0.3, -0.25) is 4.79 Å². The third-order valence-electron chi connectivity index (χ3n) is 3.03. The van der Waals surface area contributed by atoms with Crippen LogP contribution in [-0.4, -0.2) is 11.0 Å². The van der Waals surface area contributed by atoms with Crippen LogP contribution >= 0.6 is 0 Å². The maximum absolute atomic E-state index is 13.8. The minimum absolute atomic E-state index is 0.154. The number of hydrogen-bond donors (Lipinski definition) is 2. The first kappa shape index (κ1) is 12.0. The normalized spacial score (nSPS) is 16.3. The number of carbonyl (C=O) groups is 1. The van der Waals surface area contributed by atoms with Crippen molar-refractivity contribution in [3.63, 3.8) is 0 Å². The standard InChI is InChI=1S/C13H16FNO2/c1-2-3-11(16)9-6-8-4-5-12(17)15-13(8)10(14)7-9/h6-7,11,16H,2-5H2,1H3,(H,15,17). The van der Waals surface area contributed by atoms with Crippen LogP contribution in [0.2, 0.25) is 0 Å². The van der Waals surface area contributed by atoms with E-state index in [4.69, 9.17) is 0 Å². The second-order valence-electron chi connectivity index (χ2n) is 4.39. The van der Waals surface area contributed by atoms with Crippen molar-refractivity contribution in [3.8, 4) is 0 Å². The number of hydrogen-bond acceptors (Lipinski definition) is 2. The van der Waals surface area contributed by atoms with Gasteiger partial charge in [-0.25, -0.2) is 4.39 Å². The molecule has 1 aromatic carbocycles. The summed E-state index contributed by atoms with van der Waals surface area (Å²) in [6, 6.07) is 3.10. The average molecular weight is 237 g/mol. The lowest BCUT2D eigenvalue weighted by molar-refractivity contribution is -0.116. The van der Waals surface area contributed by atoms with Gasteiger partial charge in [0.2, 0.25) is 5.91 Å². The number of aryl methyl sites for hydroxylation is 1. The number of anilines is 1. The van der Waals surface area contributed by atoms with Crippen molar-refractivity contribution >= 4 is 11.6 Å². The number of benzene rings is 1. The Kier molecular flexibility index (Phi) is 3.43. The van der Waals surface area contributed by atoms with Gasteiger partial charge in [0.15, 0.2) is 0 Å². The fourth-order valence-corrected chi connectivity index (χ4v) is 2.11. The first-order chi connectivity index (χ1) is 8.11. The molecule has 2 N–H and O–H groups in total. The van der Waals surface area contributed by atoms with Crippen LogP contribution in [-0.2, 0) is 11.2 Å². The number of aliphatic hydroxyl groups excluding tert-OH is 1. The summed E-state index contributed by atoms with van der Waals surface area (Å²) in [5, 5.41) is 12.4. The number of fused-ring (bicyclic) bond motifs is 1. The molecule has 0 radical (unpaired) electrons. The summed E-state index contributed by atoms with van der Waals surface area (Å²) in [6.45, 7) is 1.97. The first-order valence-electron chi connectivity index (χ1n) is 5.92. The Morgan fingerprint density at radius 3 is 2.94 bits per heavy atom. The van der Waals surface area contributed by atoms with E-state index in [0.717, 1.165) is 12.0 Å². The van der Waals surface area contributed by atoms with Crippen molar-refractivity contribution in [2.75, 3.05) is 5.32 Å². The van der Waals surface area contributed by atoms with Crippen LogP contribution in [0, 0.1) is 5.82 Å². The van der Waals surface area contributed by atoms with Gasteiger partial charge < -0.3 is 10.4 Å². The number of aliphatic hydroxyl groups is 1. The van der Waals surface area contributed by atoms with Gasteiger partial charge in [-0.2, -0.15) is 0 Å². The minimum Gasteiger partial charge on any atom is -0.388 e. The van der Waals surface area contributed by atoms with Crippen LogP contribution in [0.3, 0.4) is 0 Å².